The Bertz CT molecular complexity index is 272. The Balaban J connectivity index is 2.76. The quantitative estimate of drug-likeness (QED) is 0.740. The summed E-state index contributed by atoms with van der Waals surface area (Å²) in [6.45, 7) is 7.17. The van der Waals surface area contributed by atoms with E-state index in [1.807, 2.05) is 6.92 Å². The van der Waals surface area contributed by atoms with E-state index in [2.05, 4.69) is 29.0 Å². The van der Waals surface area contributed by atoms with Gasteiger partial charge in [-0.25, -0.2) is 4.98 Å². The summed E-state index contributed by atoms with van der Waals surface area (Å²) >= 11 is 0. The third-order valence-corrected chi connectivity index (χ3v) is 1.95. The second kappa shape index (κ2) is 5.07. The lowest BCUT2D eigenvalue weighted by Gasteiger charge is -2.16. The fraction of sp³-hybridized carbons (Fsp3) is 0.778. The minimum atomic E-state index is -0.0449. The molecule has 0 aromatic carbocycles. The Morgan fingerprint density at radius 1 is 1.50 bits per heavy atom. The number of hydrogen-bond acceptors (Lipinski definition) is 4. The standard InChI is InChI=1S/C9H18N4O/c1-4-14-8(6(2)3)9-11-7(5-10)12-13-9/h6,8H,4-5,10H2,1-3H3,(H,11,12,13). The molecule has 0 fully saturated rings. The SMILES string of the molecule is CCOC(c1n[nH]c(CN)n1)C(C)C. The van der Waals surface area contributed by atoms with Gasteiger partial charge >= 0.3 is 0 Å². The topological polar surface area (TPSA) is 76.8 Å². The highest BCUT2D eigenvalue weighted by Crippen LogP contribution is 2.22. The van der Waals surface area contributed by atoms with Crippen LogP contribution in [0.1, 0.15) is 38.5 Å². The van der Waals surface area contributed by atoms with Crippen LogP contribution in [0.3, 0.4) is 0 Å². The highest BCUT2D eigenvalue weighted by Gasteiger charge is 2.20. The van der Waals surface area contributed by atoms with Gasteiger partial charge in [0.05, 0.1) is 6.54 Å². The molecule has 14 heavy (non-hydrogen) atoms. The molecule has 0 spiro atoms. The lowest BCUT2D eigenvalue weighted by atomic mass is 10.1. The molecule has 1 unspecified atom stereocenters. The molecule has 0 aliphatic carbocycles. The number of aromatic nitrogens is 3. The maximum Gasteiger partial charge on any atom is 0.179 e. The van der Waals surface area contributed by atoms with Crippen LogP contribution >= 0.6 is 0 Å². The predicted octanol–water partition coefficient (Wildman–Crippen LogP) is 0.997. The van der Waals surface area contributed by atoms with E-state index in [0.717, 1.165) is 0 Å². The summed E-state index contributed by atoms with van der Waals surface area (Å²) < 4.78 is 5.56. The summed E-state index contributed by atoms with van der Waals surface area (Å²) in [4.78, 5) is 4.25. The van der Waals surface area contributed by atoms with Crippen molar-refractivity contribution in [2.45, 2.75) is 33.4 Å². The molecular weight excluding hydrogens is 180 g/mol. The number of ether oxygens (including phenoxy) is 1. The van der Waals surface area contributed by atoms with Crippen LogP contribution in [0.2, 0.25) is 0 Å². The van der Waals surface area contributed by atoms with Crippen molar-refractivity contribution in [3.63, 3.8) is 0 Å². The molecule has 3 N–H and O–H groups in total. The second-order valence-corrected chi connectivity index (χ2v) is 3.46. The molecular formula is C9H18N4O. The molecule has 5 nitrogen and oxygen atoms in total. The monoisotopic (exact) mass is 198 g/mol. The van der Waals surface area contributed by atoms with Gasteiger partial charge in [0.25, 0.3) is 0 Å². The Kier molecular flexibility index (Phi) is 4.03. The third-order valence-electron chi connectivity index (χ3n) is 1.95. The highest BCUT2D eigenvalue weighted by atomic mass is 16.5. The number of nitrogens with zero attached hydrogens (tertiary/aromatic N) is 2. The number of aromatic amines is 1. The van der Waals surface area contributed by atoms with Gasteiger partial charge in [-0.05, 0) is 12.8 Å². The number of hydrogen-bond donors (Lipinski definition) is 2. The van der Waals surface area contributed by atoms with Crippen molar-refractivity contribution in [1.29, 1.82) is 0 Å². The average molecular weight is 198 g/mol. The van der Waals surface area contributed by atoms with Crippen LogP contribution in [0, 0.1) is 5.92 Å². The number of rotatable bonds is 5. The van der Waals surface area contributed by atoms with Crippen LogP contribution in [0.5, 0.6) is 0 Å². The molecule has 80 valence electrons. The van der Waals surface area contributed by atoms with E-state index in [1.54, 1.807) is 0 Å². The summed E-state index contributed by atoms with van der Waals surface area (Å²) in [5.41, 5.74) is 5.44. The maximum absolute atomic E-state index is 5.56. The van der Waals surface area contributed by atoms with Gasteiger partial charge in [0, 0.05) is 6.61 Å². The van der Waals surface area contributed by atoms with Crippen LogP contribution < -0.4 is 5.73 Å². The van der Waals surface area contributed by atoms with Gasteiger partial charge in [-0.1, -0.05) is 13.8 Å². The molecule has 0 radical (unpaired) electrons. The van der Waals surface area contributed by atoms with E-state index in [4.69, 9.17) is 10.5 Å². The molecule has 0 saturated carbocycles. The zero-order valence-corrected chi connectivity index (χ0v) is 8.95. The number of nitrogens with one attached hydrogen (secondary N) is 1. The molecule has 1 aromatic heterocycles. The number of nitrogens with two attached hydrogens (primary N) is 1. The first-order valence-corrected chi connectivity index (χ1v) is 4.91. The zero-order valence-electron chi connectivity index (χ0n) is 8.95. The average Bonchev–Trinajstić information content (AvgIpc) is 2.61. The Morgan fingerprint density at radius 3 is 2.64 bits per heavy atom. The highest BCUT2D eigenvalue weighted by molar-refractivity contribution is 4.95. The fourth-order valence-corrected chi connectivity index (χ4v) is 1.27. The minimum absolute atomic E-state index is 0.0449. The van der Waals surface area contributed by atoms with E-state index >= 15 is 0 Å². The first-order chi connectivity index (χ1) is 6.69. The second-order valence-electron chi connectivity index (χ2n) is 3.46. The van der Waals surface area contributed by atoms with Gasteiger partial charge in [-0.2, -0.15) is 5.10 Å². The van der Waals surface area contributed by atoms with Crippen LogP contribution in [0.4, 0.5) is 0 Å². The van der Waals surface area contributed by atoms with Crippen molar-refractivity contribution in [3.8, 4) is 0 Å². The summed E-state index contributed by atoms with van der Waals surface area (Å²) in [6.07, 6.45) is -0.0449. The summed E-state index contributed by atoms with van der Waals surface area (Å²) in [7, 11) is 0. The molecule has 0 saturated heterocycles. The predicted molar refractivity (Wildman–Crippen MR) is 53.5 cm³/mol. The van der Waals surface area contributed by atoms with E-state index in [9.17, 15) is 0 Å². The molecule has 1 heterocycles. The Labute approximate surface area is 84.1 Å². The van der Waals surface area contributed by atoms with E-state index < -0.39 is 0 Å². The molecule has 5 heteroatoms. The van der Waals surface area contributed by atoms with Gasteiger partial charge in [0.1, 0.15) is 11.9 Å². The molecule has 0 aliphatic heterocycles. The molecule has 0 aliphatic rings. The minimum Gasteiger partial charge on any atom is -0.370 e. The van der Waals surface area contributed by atoms with E-state index in [1.165, 1.54) is 0 Å². The first kappa shape index (κ1) is 11.1. The van der Waals surface area contributed by atoms with E-state index in [-0.39, 0.29) is 6.10 Å². The molecule has 1 atom stereocenters. The molecule has 0 amide bonds. The summed E-state index contributed by atoms with van der Waals surface area (Å²) in [6, 6.07) is 0. The zero-order chi connectivity index (χ0) is 10.6. The van der Waals surface area contributed by atoms with Crippen LogP contribution in [0.25, 0.3) is 0 Å². The van der Waals surface area contributed by atoms with Gasteiger partial charge in [-0.3, -0.25) is 5.10 Å². The summed E-state index contributed by atoms with van der Waals surface area (Å²) in [5, 5.41) is 6.87. The first-order valence-electron chi connectivity index (χ1n) is 4.91. The lowest BCUT2D eigenvalue weighted by molar-refractivity contribution is 0.0234. The van der Waals surface area contributed by atoms with Gasteiger partial charge in [0.2, 0.25) is 0 Å². The number of H-pyrrole nitrogens is 1. The molecule has 0 bridgehead atoms. The summed E-state index contributed by atoms with van der Waals surface area (Å²) in [5.74, 6) is 1.75. The lowest BCUT2D eigenvalue weighted by Crippen LogP contribution is -2.13. The van der Waals surface area contributed by atoms with Crippen molar-refractivity contribution in [3.05, 3.63) is 11.6 Å². The van der Waals surface area contributed by atoms with Crippen molar-refractivity contribution in [2.24, 2.45) is 11.7 Å². The fourth-order valence-electron chi connectivity index (χ4n) is 1.27. The van der Waals surface area contributed by atoms with Gasteiger partial charge in [0.15, 0.2) is 5.82 Å². The van der Waals surface area contributed by atoms with Crippen LogP contribution in [-0.2, 0) is 11.3 Å². The largest absolute Gasteiger partial charge is 0.370 e. The van der Waals surface area contributed by atoms with Crippen molar-refractivity contribution in [2.75, 3.05) is 6.61 Å². The molecule has 1 aromatic rings. The van der Waals surface area contributed by atoms with Gasteiger partial charge < -0.3 is 10.5 Å². The Morgan fingerprint density at radius 2 is 2.21 bits per heavy atom. The maximum atomic E-state index is 5.56. The van der Waals surface area contributed by atoms with Crippen LogP contribution in [0.15, 0.2) is 0 Å². The Hall–Kier alpha value is -0.940. The van der Waals surface area contributed by atoms with Crippen molar-refractivity contribution in [1.82, 2.24) is 15.2 Å². The third kappa shape index (κ3) is 2.52. The van der Waals surface area contributed by atoms with Gasteiger partial charge in [-0.15, -0.1) is 0 Å². The smallest absolute Gasteiger partial charge is 0.179 e. The molecule has 1 rings (SSSR count). The van der Waals surface area contributed by atoms with Crippen molar-refractivity contribution < 1.29 is 4.74 Å². The van der Waals surface area contributed by atoms with E-state index in [0.29, 0.717) is 30.7 Å². The van der Waals surface area contributed by atoms with Crippen LogP contribution in [-0.4, -0.2) is 21.8 Å². The van der Waals surface area contributed by atoms with Crippen molar-refractivity contribution >= 4 is 0 Å². The normalized spacial score (nSPS) is 13.5.